The molecule has 1 fully saturated rings. The molecule has 0 spiro atoms. The van der Waals surface area contributed by atoms with Gasteiger partial charge >= 0.3 is 0 Å². The summed E-state index contributed by atoms with van der Waals surface area (Å²) in [6, 6.07) is 14.4. The van der Waals surface area contributed by atoms with Gasteiger partial charge in [-0.25, -0.2) is 0 Å². The van der Waals surface area contributed by atoms with Crippen molar-refractivity contribution in [3.8, 4) is 0 Å². The number of hydrogen-bond donors (Lipinski definition) is 2. The Morgan fingerprint density at radius 3 is 2.34 bits per heavy atom. The van der Waals surface area contributed by atoms with Gasteiger partial charge in [-0.2, -0.15) is 0 Å². The van der Waals surface area contributed by atoms with E-state index in [0.29, 0.717) is 13.1 Å². The number of piperidine rings is 1. The molecule has 1 atom stereocenters. The average molecular weight is 393 g/mol. The molecular weight excluding hydrogens is 362 g/mol. The predicted molar refractivity (Wildman–Crippen MR) is 113 cm³/mol. The van der Waals surface area contributed by atoms with Crippen LogP contribution < -0.4 is 10.6 Å². The van der Waals surface area contributed by atoms with Crippen LogP contribution >= 0.6 is 0 Å². The Bertz CT molecular complexity index is 896. The third-order valence-electron chi connectivity index (χ3n) is 6.16. The summed E-state index contributed by atoms with van der Waals surface area (Å²) >= 11 is 0. The fourth-order valence-electron chi connectivity index (χ4n) is 4.62. The predicted octanol–water partition coefficient (Wildman–Crippen LogP) is 2.17. The number of amides is 2. The maximum atomic E-state index is 13.0. The van der Waals surface area contributed by atoms with Gasteiger partial charge in [0, 0.05) is 36.7 Å². The largest absolute Gasteiger partial charge is 0.337 e. The maximum absolute atomic E-state index is 13.0. The normalized spacial score (nSPS) is 19.5. The molecule has 2 aliphatic rings. The van der Waals surface area contributed by atoms with Crippen LogP contribution in [-0.4, -0.2) is 35.8 Å². The van der Waals surface area contributed by atoms with Crippen molar-refractivity contribution >= 4 is 17.5 Å². The molecule has 3 N–H and O–H groups in total. The molecule has 152 valence electrons. The maximum Gasteiger partial charge on any atom is 0.281 e. The monoisotopic (exact) mass is 392 g/mol. The first kappa shape index (κ1) is 19.6. The minimum atomic E-state index is -0.0365. The molecule has 0 radical (unpaired) electrons. The number of benzene rings is 2. The van der Waals surface area contributed by atoms with Gasteiger partial charge in [0.2, 0.25) is 5.91 Å². The van der Waals surface area contributed by atoms with Gasteiger partial charge in [0.05, 0.1) is 0 Å². The number of carbonyl (C=O) groups excluding carboxylic acids is 2. The van der Waals surface area contributed by atoms with Gasteiger partial charge in [-0.1, -0.05) is 30.3 Å². The molecule has 2 aromatic carbocycles. The van der Waals surface area contributed by atoms with Crippen LogP contribution in [0.1, 0.15) is 35.1 Å². The Balaban J connectivity index is 1.31. The van der Waals surface area contributed by atoms with E-state index in [0.717, 1.165) is 42.6 Å². The van der Waals surface area contributed by atoms with Crippen LogP contribution in [-0.2, 0) is 22.6 Å². The fraction of sp³-hybridized carbons (Fsp3) is 0.417. The van der Waals surface area contributed by atoms with Gasteiger partial charge in [-0.05, 0) is 55.5 Å². The zero-order valence-electron chi connectivity index (χ0n) is 17.3. The molecule has 0 saturated carbocycles. The molecular formula is C24H30N3O2+. The Labute approximate surface area is 172 Å². The van der Waals surface area contributed by atoms with Crippen LogP contribution in [0, 0.1) is 19.8 Å². The number of rotatable bonds is 3. The average Bonchev–Trinajstić information content (AvgIpc) is 2.72. The van der Waals surface area contributed by atoms with E-state index in [4.69, 9.17) is 0 Å². The molecule has 2 aromatic rings. The number of anilines is 1. The van der Waals surface area contributed by atoms with Gasteiger partial charge in [0.15, 0.2) is 6.04 Å². The SMILES string of the molecule is Cc1cc(C)cc(NC(=O)C2CCN(C(=O)[C@@H]3Cc4ccccc4C[NH2+]3)CC2)c1. The van der Waals surface area contributed by atoms with E-state index in [1.165, 1.54) is 11.1 Å². The first-order valence-corrected chi connectivity index (χ1v) is 10.6. The number of hydrogen-bond acceptors (Lipinski definition) is 2. The molecule has 0 unspecified atom stereocenters. The van der Waals surface area contributed by atoms with Crippen molar-refractivity contribution in [1.82, 2.24) is 4.90 Å². The summed E-state index contributed by atoms with van der Waals surface area (Å²) in [5.41, 5.74) is 5.77. The Morgan fingerprint density at radius 1 is 1.00 bits per heavy atom. The Kier molecular flexibility index (Phi) is 5.67. The molecule has 5 heteroatoms. The molecule has 4 rings (SSSR count). The van der Waals surface area contributed by atoms with E-state index in [1.54, 1.807) is 0 Å². The van der Waals surface area contributed by atoms with Crippen LogP contribution in [0.15, 0.2) is 42.5 Å². The summed E-state index contributed by atoms with van der Waals surface area (Å²) in [7, 11) is 0. The quantitative estimate of drug-likeness (QED) is 0.841. The van der Waals surface area contributed by atoms with E-state index < -0.39 is 0 Å². The number of fused-ring (bicyclic) bond motifs is 1. The Hall–Kier alpha value is -2.66. The molecule has 0 aliphatic carbocycles. The summed E-state index contributed by atoms with van der Waals surface area (Å²) in [6.07, 6.45) is 2.25. The molecule has 2 heterocycles. The molecule has 0 bridgehead atoms. The number of likely N-dealkylation sites (tertiary alicyclic amines) is 1. The smallest absolute Gasteiger partial charge is 0.281 e. The molecule has 1 saturated heterocycles. The van der Waals surface area contributed by atoms with Crippen molar-refractivity contribution in [2.45, 2.75) is 45.7 Å². The first-order chi connectivity index (χ1) is 14.0. The van der Waals surface area contributed by atoms with Gasteiger partial charge < -0.3 is 15.5 Å². The first-order valence-electron chi connectivity index (χ1n) is 10.6. The van der Waals surface area contributed by atoms with Crippen molar-refractivity contribution in [1.29, 1.82) is 0 Å². The van der Waals surface area contributed by atoms with Gasteiger partial charge in [0.1, 0.15) is 6.54 Å². The lowest BCUT2D eigenvalue weighted by atomic mass is 9.92. The Morgan fingerprint density at radius 2 is 1.66 bits per heavy atom. The highest BCUT2D eigenvalue weighted by molar-refractivity contribution is 5.93. The standard InChI is InChI=1S/C24H29N3O2/c1-16-11-17(2)13-21(12-16)26-23(28)18-7-9-27(10-8-18)24(29)22-14-19-5-3-4-6-20(19)15-25-22/h3-6,11-13,18,22,25H,7-10,14-15H2,1-2H3,(H,26,28)/p+1/t22-/m0/s1. The second-order valence-electron chi connectivity index (χ2n) is 8.48. The van der Waals surface area contributed by atoms with Crippen molar-refractivity contribution < 1.29 is 14.9 Å². The van der Waals surface area contributed by atoms with Gasteiger partial charge in [0.25, 0.3) is 5.91 Å². The molecule has 0 aromatic heterocycles. The lowest BCUT2D eigenvalue weighted by Gasteiger charge is -2.34. The van der Waals surface area contributed by atoms with Crippen molar-refractivity contribution in [3.05, 3.63) is 64.7 Å². The van der Waals surface area contributed by atoms with Crippen LogP contribution in [0.25, 0.3) is 0 Å². The zero-order chi connectivity index (χ0) is 20.4. The van der Waals surface area contributed by atoms with E-state index in [2.05, 4.69) is 34.9 Å². The fourth-order valence-corrected chi connectivity index (χ4v) is 4.62. The van der Waals surface area contributed by atoms with Crippen LogP contribution in [0.5, 0.6) is 0 Å². The minimum absolute atomic E-state index is 0.0315. The van der Waals surface area contributed by atoms with Gasteiger partial charge in [-0.15, -0.1) is 0 Å². The summed E-state index contributed by atoms with van der Waals surface area (Å²) in [4.78, 5) is 27.6. The highest BCUT2D eigenvalue weighted by Gasteiger charge is 2.34. The van der Waals surface area contributed by atoms with Crippen molar-refractivity contribution in [2.24, 2.45) is 5.92 Å². The minimum Gasteiger partial charge on any atom is -0.337 e. The number of aryl methyl sites for hydroxylation is 2. The van der Waals surface area contributed by atoms with E-state index in [-0.39, 0.29) is 23.8 Å². The molecule has 2 aliphatic heterocycles. The van der Waals surface area contributed by atoms with E-state index in [9.17, 15) is 9.59 Å². The van der Waals surface area contributed by atoms with E-state index >= 15 is 0 Å². The number of carbonyl (C=O) groups is 2. The number of nitrogens with zero attached hydrogens (tertiary/aromatic N) is 1. The van der Waals surface area contributed by atoms with Crippen LogP contribution in [0.3, 0.4) is 0 Å². The summed E-state index contributed by atoms with van der Waals surface area (Å²) < 4.78 is 0. The number of quaternary nitrogens is 1. The van der Waals surface area contributed by atoms with E-state index in [1.807, 2.05) is 36.9 Å². The number of nitrogens with one attached hydrogen (secondary N) is 1. The summed E-state index contributed by atoms with van der Waals surface area (Å²) in [5.74, 6) is 0.254. The summed E-state index contributed by atoms with van der Waals surface area (Å²) in [6.45, 7) is 6.26. The van der Waals surface area contributed by atoms with Crippen LogP contribution in [0.4, 0.5) is 5.69 Å². The highest BCUT2D eigenvalue weighted by atomic mass is 16.2. The molecule has 29 heavy (non-hydrogen) atoms. The van der Waals surface area contributed by atoms with Crippen LogP contribution in [0.2, 0.25) is 0 Å². The second-order valence-corrected chi connectivity index (χ2v) is 8.48. The lowest BCUT2D eigenvalue weighted by molar-refractivity contribution is -0.695. The van der Waals surface area contributed by atoms with Gasteiger partial charge in [-0.3, -0.25) is 9.59 Å². The second kappa shape index (κ2) is 8.37. The molecule has 2 amide bonds. The topological polar surface area (TPSA) is 66.0 Å². The molecule has 5 nitrogen and oxygen atoms in total. The van der Waals surface area contributed by atoms with Crippen molar-refractivity contribution in [2.75, 3.05) is 18.4 Å². The number of nitrogens with two attached hydrogens (primary N) is 1. The van der Waals surface area contributed by atoms with Crippen molar-refractivity contribution in [3.63, 3.8) is 0 Å². The highest BCUT2D eigenvalue weighted by Crippen LogP contribution is 2.22. The lowest BCUT2D eigenvalue weighted by Crippen LogP contribution is -2.93. The third kappa shape index (κ3) is 4.51. The zero-order valence-corrected chi connectivity index (χ0v) is 17.3. The third-order valence-corrected chi connectivity index (χ3v) is 6.16. The summed E-state index contributed by atoms with van der Waals surface area (Å²) in [5, 5.41) is 5.22.